The first kappa shape index (κ1) is 13.6. The molecule has 2 saturated carbocycles. The standard InChI is InChI=1S/C15H22N2O3/c1-3-10-5-6-11(9(10)2)17-13(19)15(7-4-8-15)12(18)16-14(17)20/h9-11H,3-8H2,1-2H3,(H,16,18,20). The minimum Gasteiger partial charge on any atom is -0.277 e. The topological polar surface area (TPSA) is 66.5 Å². The van der Waals surface area contributed by atoms with E-state index in [4.69, 9.17) is 0 Å². The average molecular weight is 278 g/mol. The molecule has 3 fully saturated rings. The fourth-order valence-corrected chi connectivity index (χ4v) is 4.13. The normalized spacial score (nSPS) is 36.2. The molecule has 4 amide bonds. The van der Waals surface area contributed by atoms with E-state index in [1.165, 1.54) is 4.90 Å². The number of nitrogens with zero attached hydrogens (tertiary/aromatic N) is 1. The van der Waals surface area contributed by atoms with Gasteiger partial charge in [-0.2, -0.15) is 0 Å². The van der Waals surface area contributed by atoms with Crippen LogP contribution in [0.15, 0.2) is 0 Å². The fraction of sp³-hybridized carbons (Fsp3) is 0.800. The van der Waals surface area contributed by atoms with E-state index in [1.807, 2.05) is 0 Å². The van der Waals surface area contributed by atoms with Crippen LogP contribution >= 0.6 is 0 Å². The van der Waals surface area contributed by atoms with Crippen molar-refractivity contribution in [2.45, 2.75) is 58.4 Å². The van der Waals surface area contributed by atoms with Crippen molar-refractivity contribution in [2.24, 2.45) is 17.3 Å². The SMILES string of the molecule is CCC1CCC(N2C(=O)NC(=O)C3(CCC3)C2=O)C1C. The second-order valence-corrected chi connectivity index (χ2v) is 6.54. The van der Waals surface area contributed by atoms with Gasteiger partial charge in [0.25, 0.3) is 0 Å². The van der Waals surface area contributed by atoms with Crippen molar-refractivity contribution < 1.29 is 14.4 Å². The van der Waals surface area contributed by atoms with Crippen molar-refractivity contribution in [3.63, 3.8) is 0 Å². The van der Waals surface area contributed by atoms with E-state index in [2.05, 4.69) is 19.2 Å². The van der Waals surface area contributed by atoms with Crippen molar-refractivity contribution in [1.29, 1.82) is 0 Å². The second-order valence-electron chi connectivity index (χ2n) is 6.54. The lowest BCUT2D eigenvalue weighted by atomic mass is 9.66. The molecule has 0 bridgehead atoms. The molecule has 1 N–H and O–H groups in total. The molecule has 0 radical (unpaired) electrons. The predicted molar refractivity (Wildman–Crippen MR) is 72.6 cm³/mol. The van der Waals surface area contributed by atoms with Crippen molar-refractivity contribution in [3.8, 4) is 0 Å². The van der Waals surface area contributed by atoms with Crippen molar-refractivity contribution in [2.75, 3.05) is 0 Å². The van der Waals surface area contributed by atoms with E-state index in [1.54, 1.807) is 0 Å². The summed E-state index contributed by atoms with van der Waals surface area (Å²) in [5.74, 6) is 0.259. The van der Waals surface area contributed by atoms with Gasteiger partial charge in [-0.3, -0.25) is 19.8 Å². The summed E-state index contributed by atoms with van der Waals surface area (Å²) in [6.07, 6.45) is 5.05. The van der Waals surface area contributed by atoms with Crippen LogP contribution in [0.25, 0.3) is 0 Å². The third kappa shape index (κ3) is 1.64. The third-order valence-electron chi connectivity index (χ3n) is 5.75. The summed E-state index contributed by atoms with van der Waals surface area (Å²) in [6, 6.07) is -0.552. The average Bonchev–Trinajstić information content (AvgIpc) is 2.69. The lowest BCUT2D eigenvalue weighted by Gasteiger charge is -2.47. The molecular formula is C15H22N2O3. The Kier molecular flexibility index (Phi) is 3.10. The summed E-state index contributed by atoms with van der Waals surface area (Å²) in [5.41, 5.74) is -0.933. The summed E-state index contributed by atoms with van der Waals surface area (Å²) in [4.78, 5) is 38.2. The largest absolute Gasteiger partial charge is 0.331 e. The number of amides is 4. The summed E-state index contributed by atoms with van der Waals surface area (Å²) >= 11 is 0. The molecule has 20 heavy (non-hydrogen) atoms. The number of barbiturate groups is 1. The fourth-order valence-electron chi connectivity index (χ4n) is 4.13. The number of carbonyl (C=O) groups excluding carboxylic acids is 3. The molecule has 1 heterocycles. The molecule has 5 nitrogen and oxygen atoms in total. The predicted octanol–water partition coefficient (Wildman–Crippen LogP) is 2.06. The molecule has 5 heteroatoms. The number of carbonyl (C=O) groups is 3. The number of urea groups is 1. The maximum absolute atomic E-state index is 12.7. The first-order valence-corrected chi connectivity index (χ1v) is 7.70. The van der Waals surface area contributed by atoms with Gasteiger partial charge in [0.2, 0.25) is 11.8 Å². The Hall–Kier alpha value is -1.39. The highest BCUT2D eigenvalue weighted by molar-refractivity contribution is 6.19. The van der Waals surface area contributed by atoms with Gasteiger partial charge in [-0.15, -0.1) is 0 Å². The van der Waals surface area contributed by atoms with Crippen LogP contribution in [0.3, 0.4) is 0 Å². The molecule has 1 aliphatic heterocycles. The van der Waals surface area contributed by atoms with E-state index < -0.39 is 11.4 Å². The number of hydrogen-bond donors (Lipinski definition) is 1. The van der Waals surface area contributed by atoms with Crippen LogP contribution in [0, 0.1) is 17.3 Å². The Morgan fingerprint density at radius 2 is 1.95 bits per heavy atom. The highest BCUT2D eigenvalue weighted by Crippen LogP contribution is 2.47. The first-order chi connectivity index (χ1) is 9.51. The maximum Gasteiger partial charge on any atom is 0.331 e. The first-order valence-electron chi connectivity index (χ1n) is 7.70. The molecule has 3 unspecified atom stereocenters. The molecule has 0 aromatic carbocycles. The van der Waals surface area contributed by atoms with E-state index >= 15 is 0 Å². The Labute approximate surface area is 119 Å². The van der Waals surface area contributed by atoms with E-state index in [0.717, 1.165) is 25.7 Å². The molecule has 0 aromatic rings. The number of nitrogens with one attached hydrogen (secondary N) is 1. The molecule has 0 aromatic heterocycles. The van der Waals surface area contributed by atoms with Gasteiger partial charge < -0.3 is 0 Å². The van der Waals surface area contributed by atoms with Crippen molar-refractivity contribution in [1.82, 2.24) is 10.2 Å². The molecule has 1 saturated heterocycles. The zero-order chi connectivity index (χ0) is 14.5. The minimum absolute atomic E-state index is 0.0435. The molecule has 1 spiro atoms. The van der Waals surface area contributed by atoms with Crippen LogP contribution in [-0.4, -0.2) is 28.8 Å². The Balaban J connectivity index is 1.87. The van der Waals surface area contributed by atoms with Gasteiger partial charge in [0, 0.05) is 6.04 Å². The van der Waals surface area contributed by atoms with Crippen LogP contribution in [0.5, 0.6) is 0 Å². The van der Waals surface area contributed by atoms with Gasteiger partial charge in [0.1, 0.15) is 5.41 Å². The smallest absolute Gasteiger partial charge is 0.277 e. The summed E-state index contributed by atoms with van der Waals surface area (Å²) in [7, 11) is 0. The second kappa shape index (κ2) is 4.57. The van der Waals surface area contributed by atoms with Crippen LogP contribution < -0.4 is 5.32 Å². The third-order valence-corrected chi connectivity index (χ3v) is 5.75. The van der Waals surface area contributed by atoms with Crippen LogP contribution in [0.1, 0.15) is 52.4 Å². The van der Waals surface area contributed by atoms with E-state index in [0.29, 0.717) is 24.7 Å². The van der Waals surface area contributed by atoms with Crippen LogP contribution in [-0.2, 0) is 9.59 Å². The minimum atomic E-state index is -0.933. The zero-order valence-corrected chi connectivity index (χ0v) is 12.1. The molecule has 110 valence electrons. The lowest BCUT2D eigenvalue weighted by Crippen LogP contribution is -2.68. The maximum atomic E-state index is 12.7. The van der Waals surface area contributed by atoms with Gasteiger partial charge in [-0.1, -0.05) is 26.7 Å². The van der Waals surface area contributed by atoms with Gasteiger partial charge in [-0.05, 0) is 37.5 Å². The Bertz CT molecular complexity index is 470. The highest BCUT2D eigenvalue weighted by atomic mass is 16.2. The van der Waals surface area contributed by atoms with E-state index in [-0.39, 0.29) is 17.9 Å². The number of rotatable bonds is 2. The monoisotopic (exact) mass is 278 g/mol. The molecule has 3 atom stereocenters. The Morgan fingerprint density at radius 3 is 2.45 bits per heavy atom. The van der Waals surface area contributed by atoms with Crippen LogP contribution in [0.4, 0.5) is 4.79 Å². The number of hydrogen-bond acceptors (Lipinski definition) is 3. The zero-order valence-electron chi connectivity index (χ0n) is 12.1. The molecule has 3 rings (SSSR count). The quantitative estimate of drug-likeness (QED) is 0.786. The van der Waals surface area contributed by atoms with Gasteiger partial charge in [0.05, 0.1) is 0 Å². The Morgan fingerprint density at radius 1 is 1.25 bits per heavy atom. The summed E-state index contributed by atoms with van der Waals surface area (Å²) in [6.45, 7) is 4.27. The van der Waals surface area contributed by atoms with E-state index in [9.17, 15) is 14.4 Å². The van der Waals surface area contributed by atoms with Gasteiger partial charge >= 0.3 is 6.03 Å². The van der Waals surface area contributed by atoms with Crippen molar-refractivity contribution >= 4 is 17.8 Å². The highest BCUT2D eigenvalue weighted by Gasteiger charge is 2.59. The molecule has 3 aliphatic rings. The van der Waals surface area contributed by atoms with Crippen LogP contribution in [0.2, 0.25) is 0 Å². The van der Waals surface area contributed by atoms with Gasteiger partial charge in [0.15, 0.2) is 0 Å². The number of imide groups is 2. The molecular weight excluding hydrogens is 256 g/mol. The van der Waals surface area contributed by atoms with Crippen molar-refractivity contribution in [3.05, 3.63) is 0 Å². The summed E-state index contributed by atoms with van der Waals surface area (Å²) < 4.78 is 0. The lowest BCUT2D eigenvalue weighted by molar-refractivity contribution is -0.159. The van der Waals surface area contributed by atoms with Gasteiger partial charge in [-0.25, -0.2) is 4.79 Å². The summed E-state index contributed by atoms with van der Waals surface area (Å²) in [5, 5.41) is 2.41. The molecule has 2 aliphatic carbocycles.